The normalized spacial score (nSPS) is 26.5. The first-order chi connectivity index (χ1) is 10.6. The highest BCUT2D eigenvalue weighted by Crippen LogP contribution is 2.36. The molecule has 2 N–H and O–H groups in total. The fraction of sp³-hybridized carbons (Fsp3) is 0.588. The molecule has 1 aromatic carbocycles. The average Bonchev–Trinajstić information content (AvgIpc) is 2.91. The van der Waals surface area contributed by atoms with Gasteiger partial charge in [0.25, 0.3) is 0 Å². The van der Waals surface area contributed by atoms with Crippen LogP contribution in [0, 0.1) is 0 Å². The van der Waals surface area contributed by atoms with E-state index < -0.39 is 5.60 Å². The SMILES string of the molecule is CC(C(=O)NCC1(O)CCc2ccccc21)N1CCSCC1. The van der Waals surface area contributed by atoms with Gasteiger partial charge in [-0.1, -0.05) is 24.3 Å². The van der Waals surface area contributed by atoms with Gasteiger partial charge in [-0.2, -0.15) is 11.8 Å². The number of nitrogens with one attached hydrogen (secondary N) is 1. The zero-order valence-corrected chi connectivity index (χ0v) is 13.9. The summed E-state index contributed by atoms with van der Waals surface area (Å²) >= 11 is 1.94. The summed E-state index contributed by atoms with van der Waals surface area (Å²) in [5.74, 6) is 2.20. The van der Waals surface area contributed by atoms with Crippen LogP contribution in [-0.2, 0) is 16.8 Å². The van der Waals surface area contributed by atoms with E-state index in [4.69, 9.17) is 0 Å². The van der Waals surface area contributed by atoms with Crippen LogP contribution in [-0.4, -0.2) is 53.1 Å². The van der Waals surface area contributed by atoms with Crippen molar-refractivity contribution in [3.8, 4) is 0 Å². The first-order valence-electron chi connectivity index (χ1n) is 8.00. The fourth-order valence-electron chi connectivity index (χ4n) is 3.36. The number of benzene rings is 1. The highest BCUT2D eigenvalue weighted by Gasteiger charge is 2.37. The number of aliphatic hydroxyl groups is 1. The summed E-state index contributed by atoms with van der Waals surface area (Å²) in [6.45, 7) is 4.19. The minimum Gasteiger partial charge on any atom is -0.383 e. The van der Waals surface area contributed by atoms with Crippen LogP contribution in [0.1, 0.15) is 24.5 Å². The number of fused-ring (bicyclic) bond motifs is 1. The number of hydrogen-bond donors (Lipinski definition) is 2. The predicted octanol–water partition coefficient (Wildman–Crippen LogP) is 1.37. The lowest BCUT2D eigenvalue weighted by Crippen LogP contribution is -2.50. The van der Waals surface area contributed by atoms with Gasteiger partial charge in [0, 0.05) is 24.6 Å². The minimum atomic E-state index is -0.913. The van der Waals surface area contributed by atoms with Crippen molar-refractivity contribution in [2.24, 2.45) is 0 Å². The molecule has 1 aliphatic heterocycles. The lowest BCUT2D eigenvalue weighted by molar-refractivity contribution is -0.127. The highest BCUT2D eigenvalue weighted by molar-refractivity contribution is 7.99. The van der Waals surface area contributed by atoms with Crippen LogP contribution in [0.15, 0.2) is 24.3 Å². The maximum absolute atomic E-state index is 12.4. The number of hydrogen-bond acceptors (Lipinski definition) is 4. The van der Waals surface area contributed by atoms with Crippen molar-refractivity contribution < 1.29 is 9.90 Å². The van der Waals surface area contributed by atoms with Crippen LogP contribution in [0.25, 0.3) is 0 Å². The molecule has 3 rings (SSSR count). The molecule has 2 atom stereocenters. The molecule has 0 aromatic heterocycles. The van der Waals surface area contributed by atoms with Crippen molar-refractivity contribution in [1.29, 1.82) is 0 Å². The van der Waals surface area contributed by atoms with Crippen molar-refractivity contribution in [2.45, 2.75) is 31.4 Å². The number of carbonyl (C=O) groups excluding carboxylic acids is 1. The molecule has 1 saturated heterocycles. The average molecular weight is 320 g/mol. The van der Waals surface area contributed by atoms with Gasteiger partial charge in [-0.25, -0.2) is 0 Å². The summed E-state index contributed by atoms with van der Waals surface area (Å²) in [7, 11) is 0. The maximum Gasteiger partial charge on any atom is 0.237 e. The van der Waals surface area contributed by atoms with E-state index in [1.54, 1.807) is 0 Å². The van der Waals surface area contributed by atoms with Gasteiger partial charge in [-0.15, -0.1) is 0 Å². The molecule has 1 aromatic rings. The van der Waals surface area contributed by atoms with Gasteiger partial charge in [0.15, 0.2) is 0 Å². The van der Waals surface area contributed by atoms with Gasteiger partial charge < -0.3 is 10.4 Å². The lowest BCUT2D eigenvalue weighted by atomic mass is 9.96. The standard InChI is InChI=1S/C17H24N2O2S/c1-13(19-8-10-22-11-9-19)16(20)18-12-17(21)7-6-14-4-2-3-5-15(14)17/h2-5,13,21H,6-12H2,1H3,(H,18,20). The van der Waals surface area contributed by atoms with Gasteiger partial charge in [0.05, 0.1) is 12.6 Å². The Hall–Kier alpha value is -1.04. The molecule has 0 radical (unpaired) electrons. The van der Waals surface area contributed by atoms with Crippen molar-refractivity contribution in [2.75, 3.05) is 31.1 Å². The number of rotatable bonds is 4. The Kier molecular flexibility index (Phi) is 4.76. The number of carbonyl (C=O) groups is 1. The zero-order valence-electron chi connectivity index (χ0n) is 13.0. The molecule has 4 nitrogen and oxygen atoms in total. The quantitative estimate of drug-likeness (QED) is 0.880. The Balaban J connectivity index is 1.59. The summed E-state index contributed by atoms with van der Waals surface area (Å²) in [6.07, 6.45) is 1.56. The Labute approximate surface area is 136 Å². The largest absolute Gasteiger partial charge is 0.383 e. The third-order valence-electron chi connectivity index (χ3n) is 4.85. The Morgan fingerprint density at radius 2 is 2.14 bits per heavy atom. The van der Waals surface area contributed by atoms with E-state index in [9.17, 15) is 9.90 Å². The molecule has 120 valence electrons. The van der Waals surface area contributed by atoms with Crippen LogP contribution >= 0.6 is 11.8 Å². The molecule has 2 unspecified atom stereocenters. The van der Waals surface area contributed by atoms with E-state index in [0.717, 1.165) is 36.6 Å². The summed E-state index contributed by atoms with van der Waals surface area (Å²) in [5, 5.41) is 13.8. The third kappa shape index (κ3) is 3.16. The molecule has 1 amide bonds. The fourth-order valence-corrected chi connectivity index (χ4v) is 4.30. The van der Waals surface area contributed by atoms with Crippen LogP contribution in [0.2, 0.25) is 0 Å². The van der Waals surface area contributed by atoms with E-state index in [-0.39, 0.29) is 11.9 Å². The Bertz CT molecular complexity index is 545. The Morgan fingerprint density at radius 3 is 2.91 bits per heavy atom. The van der Waals surface area contributed by atoms with Crippen molar-refractivity contribution >= 4 is 17.7 Å². The number of aryl methyl sites for hydroxylation is 1. The van der Waals surface area contributed by atoms with Gasteiger partial charge in [0.1, 0.15) is 5.60 Å². The molecule has 0 bridgehead atoms. The van der Waals surface area contributed by atoms with Crippen molar-refractivity contribution in [1.82, 2.24) is 10.2 Å². The van der Waals surface area contributed by atoms with Crippen LogP contribution in [0.4, 0.5) is 0 Å². The second kappa shape index (κ2) is 6.60. The van der Waals surface area contributed by atoms with Gasteiger partial charge in [-0.05, 0) is 30.9 Å². The summed E-state index contributed by atoms with van der Waals surface area (Å²) in [4.78, 5) is 14.6. The second-order valence-electron chi connectivity index (χ2n) is 6.23. The lowest BCUT2D eigenvalue weighted by Gasteiger charge is -2.32. The molecule has 2 aliphatic rings. The first-order valence-corrected chi connectivity index (χ1v) is 9.16. The molecular weight excluding hydrogens is 296 g/mol. The monoisotopic (exact) mass is 320 g/mol. The maximum atomic E-state index is 12.4. The van der Waals surface area contributed by atoms with E-state index in [2.05, 4.69) is 16.3 Å². The van der Waals surface area contributed by atoms with E-state index in [1.807, 2.05) is 36.9 Å². The van der Waals surface area contributed by atoms with Gasteiger partial charge in [-0.3, -0.25) is 9.69 Å². The third-order valence-corrected chi connectivity index (χ3v) is 5.80. The molecule has 1 aliphatic carbocycles. The second-order valence-corrected chi connectivity index (χ2v) is 7.46. The predicted molar refractivity (Wildman–Crippen MR) is 90.0 cm³/mol. The molecule has 5 heteroatoms. The van der Waals surface area contributed by atoms with Crippen LogP contribution in [0.5, 0.6) is 0 Å². The topological polar surface area (TPSA) is 52.6 Å². The van der Waals surface area contributed by atoms with Gasteiger partial charge in [0.2, 0.25) is 5.91 Å². The van der Waals surface area contributed by atoms with Crippen molar-refractivity contribution in [3.63, 3.8) is 0 Å². The smallest absolute Gasteiger partial charge is 0.237 e. The summed E-state index contributed by atoms with van der Waals surface area (Å²) in [6, 6.07) is 7.86. The summed E-state index contributed by atoms with van der Waals surface area (Å²) in [5.41, 5.74) is 1.25. The van der Waals surface area contributed by atoms with Crippen molar-refractivity contribution in [3.05, 3.63) is 35.4 Å². The molecule has 22 heavy (non-hydrogen) atoms. The minimum absolute atomic E-state index is 0.0182. The molecule has 0 spiro atoms. The van der Waals surface area contributed by atoms with E-state index in [0.29, 0.717) is 13.0 Å². The van der Waals surface area contributed by atoms with Crippen LogP contribution < -0.4 is 5.32 Å². The van der Waals surface area contributed by atoms with Gasteiger partial charge >= 0.3 is 0 Å². The molecule has 1 fully saturated rings. The number of nitrogens with zero attached hydrogens (tertiary/aromatic N) is 1. The zero-order chi connectivity index (χ0) is 15.6. The number of thioether (sulfide) groups is 1. The molecular formula is C17H24N2O2S. The highest BCUT2D eigenvalue weighted by atomic mass is 32.2. The Morgan fingerprint density at radius 1 is 1.41 bits per heavy atom. The molecule has 0 saturated carbocycles. The van der Waals surface area contributed by atoms with Crippen LogP contribution in [0.3, 0.4) is 0 Å². The molecule has 1 heterocycles. The summed E-state index contributed by atoms with van der Waals surface area (Å²) < 4.78 is 0. The van der Waals surface area contributed by atoms with E-state index >= 15 is 0 Å². The number of amides is 1. The first kappa shape index (κ1) is 15.8. The van der Waals surface area contributed by atoms with E-state index in [1.165, 1.54) is 5.56 Å².